The van der Waals surface area contributed by atoms with Crippen LogP contribution in [0.2, 0.25) is 0 Å². The molecule has 1 aromatic carbocycles. The number of thiocarbonyl (C=S) groups is 1. The second kappa shape index (κ2) is 7.17. The SMILES string of the molecule is CNC(=S)NNC(=O)C(c1cc(F)cc(Br)c1)C1CCC1. The van der Waals surface area contributed by atoms with Crippen molar-refractivity contribution in [2.24, 2.45) is 5.92 Å². The molecule has 21 heavy (non-hydrogen) atoms. The zero-order chi connectivity index (χ0) is 15.4. The molecule has 1 fully saturated rings. The minimum atomic E-state index is -0.377. The lowest BCUT2D eigenvalue weighted by molar-refractivity contribution is -0.125. The zero-order valence-corrected chi connectivity index (χ0v) is 14.0. The van der Waals surface area contributed by atoms with Gasteiger partial charge in [-0.1, -0.05) is 22.4 Å². The molecule has 1 unspecified atom stereocenters. The highest BCUT2D eigenvalue weighted by Crippen LogP contribution is 2.40. The first-order valence-corrected chi connectivity index (χ1v) is 7.95. The smallest absolute Gasteiger partial charge is 0.246 e. The normalized spacial score (nSPS) is 15.8. The number of hydrogen-bond acceptors (Lipinski definition) is 2. The van der Waals surface area contributed by atoms with E-state index in [-0.39, 0.29) is 23.6 Å². The van der Waals surface area contributed by atoms with Crippen molar-refractivity contribution in [2.75, 3.05) is 7.05 Å². The molecule has 0 bridgehead atoms. The van der Waals surface area contributed by atoms with Gasteiger partial charge >= 0.3 is 0 Å². The van der Waals surface area contributed by atoms with E-state index in [0.717, 1.165) is 19.3 Å². The highest BCUT2D eigenvalue weighted by Gasteiger charge is 2.34. The maximum Gasteiger partial charge on any atom is 0.246 e. The van der Waals surface area contributed by atoms with Crippen LogP contribution < -0.4 is 16.2 Å². The lowest BCUT2D eigenvalue weighted by Gasteiger charge is -2.33. The standard InChI is InChI=1S/C14H17BrFN3OS/c1-17-14(21)19-18-13(20)12(8-3-2-4-8)9-5-10(15)7-11(16)6-9/h5-8,12H,2-4H2,1H3,(H,18,20)(H2,17,19,21). The van der Waals surface area contributed by atoms with Gasteiger partial charge in [0, 0.05) is 11.5 Å². The van der Waals surface area contributed by atoms with Crippen LogP contribution >= 0.6 is 28.1 Å². The van der Waals surface area contributed by atoms with E-state index in [1.54, 1.807) is 13.1 Å². The van der Waals surface area contributed by atoms with Crippen molar-refractivity contribution >= 4 is 39.2 Å². The van der Waals surface area contributed by atoms with Gasteiger partial charge in [0.05, 0.1) is 5.92 Å². The Bertz CT molecular complexity index is 531. The summed E-state index contributed by atoms with van der Waals surface area (Å²) >= 11 is 8.20. The fourth-order valence-electron chi connectivity index (χ4n) is 2.42. The van der Waals surface area contributed by atoms with Crippen LogP contribution in [-0.4, -0.2) is 18.1 Å². The monoisotopic (exact) mass is 373 g/mol. The Kier molecular flexibility index (Phi) is 5.52. The van der Waals surface area contributed by atoms with Crippen molar-refractivity contribution in [3.8, 4) is 0 Å². The Morgan fingerprint density at radius 2 is 2.10 bits per heavy atom. The molecule has 0 radical (unpaired) electrons. The summed E-state index contributed by atoms with van der Waals surface area (Å²) in [5.74, 6) is -0.688. The van der Waals surface area contributed by atoms with E-state index >= 15 is 0 Å². The minimum Gasteiger partial charge on any atom is -0.364 e. The molecule has 0 spiro atoms. The summed E-state index contributed by atoms with van der Waals surface area (Å²) in [6.45, 7) is 0. The third-order valence-corrected chi connectivity index (χ3v) is 4.44. The van der Waals surface area contributed by atoms with E-state index in [1.165, 1.54) is 12.1 Å². The van der Waals surface area contributed by atoms with Gasteiger partial charge in [0.1, 0.15) is 5.82 Å². The first-order valence-electron chi connectivity index (χ1n) is 6.75. The molecule has 1 aromatic rings. The lowest BCUT2D eigenvalue weighted by atomic mass is 9.72. The van der Waals surface area contributed by atoms with E-state index in [1.807, 2.05) is 0 Å². The summed E-state index contributed by atoms with van der Waals surface area (Å²) < 4.78 is 14.2. The third-order valence-electron chi connectivity index (χ3n) is 3.67. The topological polar surface area (TPSA) is 53.2 Å². The van der Waals surface area contributed by atoms with E-state index in [0.29, 0.717) is 15.1 Å². The Labute approximate surface area is 137 Å². The maximum absolute atomic E-state index is 13.6. The first kappa shape index (κ1) is 16.2. The third kappa shape index (κ3) is 4.14. The zero-order valence-electron chi connectivity index (χ0n) is 11.6. The van der Waals surface area contributed by atoms with Gasteiger partial charge in [-0.15, -0.1) is 0 Å². The Morgan fingerprint density at radius 1 is 1.38 bits per heavy atom. The van der Waals surface area contributed by atoms with Gasteiger partial charge in [-0.2, -0.15) is 0 Å². The van der Waals surface area contributed by atoms with E-state index in [9.17, 15) is 9.18 Å². The van der Waals surface area contributed by atoms with Crippen LogP contribution in [0.4, 0.5) is 4.39 Å². The molecule has 0 aliphatic heterocycles. The van der Waals surface area contributed by atoms with Crippen molar-refractivity contribution in [1.29, 1.82) is 0 Å². The van der Waals surface area contributed by atoms with Crippen LogP contribution in [0.3, 0.4) is 0 Å². The molecule has 0 aromatic heterocycles. The lowest BCUT2D eigenvalue weighted by Crippen LogP contribution is -2.48. The molecule has 4 nitrogen and oxygen atoms in total. The number of benzene rings is 1. The number of halogens is 2. The molecule has 114 valence electrons. The van der Waals surface area contributed by atoms with Gasteiger partial charge in [-0.05, 0) is 54.7 Å². The van der Waals surface area contributed by atoms with E-state index in [2.05, 4.69) is 32.1 Å². The summed E-state index contributed by atoms with van der Waals surface area (Å²) in [5.41, 5.74) is 5.90. The average molecular weight is 374 g/mol. The van der Waals surface area contributed by atoms with Gasteiger partial charge in [0.25, 0.3) is 0 Å². The largest absolute Gasteiger partial charge is 0.364 e. The van der Waals surface area contributed by atoms with Gasteiger partial charge in [-0.25, -0.2) is 4.39 Å². The van der Waals surface area contributed by atoms with Gasteiger partial charge in [0.2, 0.25) is 5.91 Å². The Hall–Kier alpha value is -1.21. The van der Waals surface area contributed by atoms with Crippen molar-refractivity contribution in [2.45, 2.75) is 25.2 Å². The summed E-state index contributed by atoms with van der Waals surface area (Å²) in [6, 6.07) is 4.60. The second-order valence-electron chi connectivity index (χ2n) is 5.06. The average Bonchev–Trinajstić information content (AvgIpc) is 2.38. The van der Waals surface area contributed by atoms with Crippen molar-refractivity contribution in [3.63, 3.8) is 0 Å². The predicted molar refractivity (Wildman–Crippen MR) is 87.1 cm³/mol. The number of hydrogen-bond donors (Lipinski definition) is 3. The van der Waals surface area contributed by atoms with Crippen LogP contribution in [0.1, 0.15) is 30.7 Å². The van der Waals surface area contributed by atoms with Crippen molar-refractivity contribution < 1.29 is 9.18 Å². The molecule has 1 saturated carbocycles. The van der Waals surface area contributed by atoms with Crippen molar-refractivity contribution in [3.05, 3.63) is 34.1 Å². The summed E-state index contributed by atoms with van der Waals surface area (Å²) in [6.07, 6.45) is 3.05. The molecule has 0 heterocycles. The summed E-state index contributed by atoms with van der Waals surface area (Å²) in [4.78, 5) is 12.4. The maximum atomic E-state index is 13.6. The fourth-order valence-corrected chi connectivity index (χ4v) is 2.96. The van der Waals surface area contributed by atoms with Crippen LogP contribution in [-0.2, 0) is 4.79 Å². The molecule has 2 rings (SSSR count). The molecule has 7 heteroatoms. The molecule has 1 atom stereocenters. The van der Waals surface area contributed by atoms with Crippen LogP contribution in [0.15, 0.2) is 22.7 Å². The fraction of sp³-hybridized carbons (Fsp3) is 0.429. The first-order chi connectivity index (χ1) is 10.0. The quantitative estimate of drug-likeness (QED) is 0.563. The number of carbonyl (C=O) groups is 1. The molecule has 1 amide bonds. The van der Waals surface area contributed by atoms with Crippen molar-refractivity contribution in [1.82, 2.24) is 16.2 Å². The number of hydrazine groups is 1. The molecule has 1 aliphatic rings. The minimum absolute atomic E-state index is 0.199. The molecular formula is C14H17BrFN3OS. The second-order valence-corrected chi connectivity index (χ2v) is 6.39. The molecule has 3 N–H and O–H groups in total. The van der Waals surface area contributed by atoms with Gasteiger partial charge in [-0.3, -0.25) is 15.6 Å². The predicted octanol–water partition coefficient (Wildman–Crippen LogP) is 2.60. The summed E-state index contributed by atoms with van der Waals surface area (Å²) in [7, 11) is 1.66. The van der Waals surface area contributed by atoms with Crippen LogP contribution in [0.5, 0.6) is 0 Å². The number of amides is 1. The number of carbonyl (C=O) groups excluding carboxylic acids is 1. The highest BCUT2D eigenvalue weighted by molar-refractivity contribution is 9.10. The number of rotatable bonds is 3. The Balaban J connectivity index is 2.17. The van der Waals surface area contributed by atoms with E-state index < -0.39 is 0 Å². The van der Waals surface area contributed by atoms with Gasteiger partial charge < -0.3 is 5.32 Å². The molecule has 1 aliphatic carbocycles. The molecule has 0 saturated heterocycles. The van der Waals surface area contributed by atoms with Crippen LogP contribution in [0, 0.1) is 11.7 Å². The van der Waals surface area contributed by atoms with Crippen LogP contribution in [0.25, 0.3) is 0 Å². The summed E-state index contributed by atoms with van der Waals surface area (Å²) in [5, 5.41) is 3.04. The number of nitrogens with one attached hydrogen (secondary N) is 3. The Morgan fingerprint density at radius 3 is 2.62 bits per heavy atom. The van der Waals surface area contributed by atoms with Gasteiger partial charge in [0.15, 0.2) is 5.11 Å². The highest BCUT2D eigenvalue weighted by atomic mass is 79.9. The van der Waals surface area contributed by atoms with E-state index in [4.69, 9.17) is 12.2 Å². The molecular weight excluding hydrogens is 357 g/mol.